The molecule has 4 aromatic rings. The van der Waals surface area contributed by atoms with Crippen molar-refractivity contribution >= 4 is 49.9 Å². The van der Waals surface area contributed by atoms with Crippen molar-refractivity contribution in [2.45, 2.75) is 58.2 Å². The van der Waals surface area contributed by atoms with Gasteiger partial charge in [-0.2, -0.15) is 0 Å². The molecule has 2 aromatic heterocycles. The summed E-state index contributed by atoms with van der Waals surface area (Å²) < 4.78 is 29.7. The highest BCUT2D eigenvalue weighted by Crippen LogP contribution is 2.39. The number of carbonyl (C=O) groups excluding carboxylic acids is 2. The molecule has 44 heavy (non-hydrogen) atoms. The van der Waals surface area contributed by atoms with E-state index in [1.807, 2.05) is 25.2 Å². The molecule has 0 radical (unpaired) electrons. The number of ether oxygens (including phenoxy) is 2. The molecule has 9 nitrogen and oxygen atoms in total. The molecule has 3 heterocycles. The zero-order chi connectivity index (χ0) is 31.2. The Labute approximate surface area is 264 Å². The maximum absolute atomic E-state index is 13.9. The van der Waals surface area contributed by atoms with Crippen LogP contribution in [0, 0.1) is 5.92 Å². The van der Waals surface area contributed by atoms with Crippen LogP contribution in [-0.2, 0) is 24.8 Å². The van der Waals surface area contributed by atoms with Crippen LogP contribution in [0.5, 0.6) is 5.75 Å². The Kier molecular flexibility index (Phi) is 8.34. The molecule has 1 aliphatic heterocycles. The Bertz CT molecular complexity index is 1720. The molecule has 0 spiro atoms. The summed E-state index contributed by atoms with van der Waals surface area (Å²) in [5, 5.41) is 4.42. The highest BCUT2D eigenvalue weighted by molar-refractivity contribution is 9.09. The second-order valence-corrected chi connectivity index (χ2v) is 13.6. The normalized spacial score (nSPS) is 16.0. The average molecular weight is 669 g/mol. The van der Waals surface area contributed by atoms with Crippen molar-refractivity contribution in [2.75, 3.05) is 31.7 Å². The van der Waals surface area contributed by atoms with Crippen LogP contribution in [0.3, 0.4) is 0 Å². The minimum absolute atomic E-state index is 0.0558. The molecule has 1 aliphatic carbocycles. The minimum atomic E-state index is -0.864. The van der Waals surface area contributed by atoms with E-state index >= 15 is 0 Å². The van der Waals surface area contributed by atoms with E-state index in [2.05, 4.69) is 48.6 Å². The molecular weight excluding hydrogens is 629 g/mol. The Morgan fingerprint density at radius 2 is 2.02 bits per heavy atom. The summed E-state index contributed by atoms with van der Waals surface area (Å²) in [5.74, 6) is 2.13. The molecule has 1 fully saturated rings. The van der Waals surface area contributed by atoms with Gasteiger partial charge in [0, 0.05) is 43.0 Å². The number of imidazole rings is 1. The van der Waals surface area contributed by atoms with Crippen molar-refractivity contribution < 1.29 is 23.5 Å². The molecule has 1 saturated carbocycles. The summed E-state index contributed by atoms with van der Waals surface area (Å²) in [7, 11) is 2.02. The quantitative estimate of drug-likeness (QED) is 0.202. The van der Waals surface area contributed by atoms with Crippen LogP contribution in [0.1, 0.15) is 49.5 Å². The highest BCUT2D eigenvalue weighted by Gasteiger charge is 2.30. The number of hydrogen-bond acceptors (Lipinski definition) is 5. The lowest BCUT2D eigenvalue weighted by atomic mass is 9.97. The molecule has 1 N–H and O–H groups in total. The largest absolute Gasteiger partial charge is 0.491 e. The van der Waals surface area contributed by atoms with Gasteiger partial charge >= 0.3 is 6.09 Å². The summed E-state index contributed by atoms with van der Waals surface area (Å²) in [6.45, 7) is 6.39. The van der Waals surface area contributed by atoms with Crippen molar-refractivity contribution in [3.8, 4) is 17.3 Å². The van der Waals surface area contributed by atoms with Gasteiger partial charge in [0.15, 0.2) is 5.82 Å². The molecule has 2 aliphatic rings. The number of benzene rings is 2. The number of fused-ring (bicyclic) bond motifs is 3. The Hall–Kier alpha value is -3.60. The number of aromatic nitrogens is 3. The van der Waals surface area contributed by atoms with Gasteiger partial charge in [0.05, 0.1) is 34.9 Å². The number of nitrogens with one attached hydrogen (secondary N) is 1. The van der Waals surface area contributed by atoms with Crippen LogP contribution in [0.4, 0.5) is 9.18 Å². The van der Waals surface area contributed by atoms with Crippen molar-refractivity contribution in [1.82, 2.24) is 24.3 Å². The van der Waals surface area contributed by atoms with Crippen LogP contribution < -0.4 is 10.1 Å². The number of halogens is 2. The van der Waals surface area contributed by atoms with E-state index in [0.29, 0.717) is 31.1 Å². The van der Waals surface area contributed by atoms with Gasteiger partial charge in [0.1, 0.15) is 18.0 Å². The summed E-state index contributed by atoms with van der Waals surface area (Å²) in [6.07, 6.45) is 2.36. The number of rotatable bonds is 10. The third kappa shape index (κ3) is 6.16. The summed E-state index contributed by atoms with van der Waals surface area (Å²) in [4.78, 5) is 32.5. The molecule has 234 valence electrons. The second-order valence-electron chi connectivity index (χ2n) is 12.8. The van der Waals surface area contributed by atoms with E-state index in [1.165, 1.54) is 12.8 Å². The zero-order valence-corrected chi connectivity index (χ0v) is 27.2. The van der Waals surface area contributed by atoms with Gasteiger partial charge in [-0.3, -0.25) is 4.79 Å². The fraction of sp³-hybridized carbons (Fsp3) is 0.485. The number of carbonyl (C=O) groups is 2. The van der Waals surface area contributed by atoms with Crippen LogP contribution >= 0.6 is 15.9 Å². The van der Waals surface area contributed by atoms with E-state index in [1.54, 1.807) is 25.7 Å². The van der Waals surface area contributed by atoms with Gasteiger partial charge in [-0.15, -0.1) is 0 Å². The zero-order valence-electron chi connectivity index (χ0n) is 25.7. The monoisotopic (exact) mass is 667 g/mol. The standard InChI is InChI=1S/C33H39BrFN5O4/c1-33(2,3)44-32(42)36-23(17-35)19-39-12-10-21-14-26-25(16-24(21)31(39)41)37-30(38(26)4)27-15-22-6-5-7-28(43-13-11-34)29(22)40(27)18-20-8-9-20/h5-7,14-16,20,23H,8-13,17-19H2,1-4H3,(H,36,42)/t23-/m1/s1. The average Bonchev–Trinajstić information content (AvgIpc) is 3.65. The summed E-state index contributed by atoms with van der Waals surface area (Å²) in [6, 6.07) is 11.4. The minimum Gasteiger partial charge on any atom is -0.491 e. The van der Waals surface area contributed by atoms with Crippen molar-refractivity contribution in [2.24, 2.45) is 13.0 Å². The van der Waals surface area contributed by atoms with Crippen LogP contribution in [0.2, 0.25) is 0 Å². The van der Waals surface area contributed by atoms with E-state index in [0.717, 1.165) is 56.6 Å². The fourth-order valence-corrected chi connectivity index (χ4v) is 6.14. The predicted octanol–water partition coefficient (Wildman–Crippen LogP) is 6.24. The van der Waals surface area contributed by atoms with Gasteiger partial charge in [-0.1, -0.05) is 28.1 Å². The number of amides is 2. The first-order chi connectivity index (χ1) is 21.1. The fourth-order valence-electron chi connectivity index (χ4n) is 5.98. The summed E-state index contributed by atoms with van der Waals surface area (Å²) in [5.41, 5.74) is 4.58. The first-order valence-electron chi connectivity index (χ1n) is 15.2. The van der Waals surface area contributed by atoms with Crippen LogP contribution in [-0.4, -0.2) is 74.4 Å². The van der Waals surface area contributed by atoms with E-state index < -0.39 is 24.4 Å². The summed E-state index contributed by atoms with van der Waals surface area (Å²) >= 11 is 3.47. The lowest BCUT2D eigenvalue weighted by Gasteiger charge is -2.31. The van der Waals surface area contributed by atoms with Gasteiger partial charge in [0.2, 0.25) is 0 Å². The SMILES string of the molecule is Cn1c(-c2cc3cccc(OCCBr)c3n2CC2CC2)nc2cc3c(cc21)CCN(C[C@@H](CF)NC(=O)OC(C)(C)C)C3=O. The van der Waals surface area contributed by atoms with Crippen LogP contribution in [0.25, 0.3) is 33.5 Å². The van der Waals surface area contributed by atoms with Crippen LogP contribution in [0.15, 0.2) is 36.4 Å². The topological polar surface area (TPSA) is 90.6 Å². The number of alkyl carbamates (subject to hydrolysis) is 1. The molecule has 1 atom stereocenters. The first-order valence-corrected chi connectivity index (χ1v) is 16.3. The maximum atomic E-state index is 13.9. The maximum Gasteiger partial charge on any atom is 0.408 e. The van der Waals surface area contributed by atoms with Gasteiger partial charge in [-0.05, 0) is 75.8 Å². The molecule has 0 bridgehead atoms. The third-order valence-corrected chi connectivity index (χ3v) is 8.53. The number of nitrogens with zero attached hydrogens (tertiary/aromatic N) is 4. The molecule has 6 rings (SSSR count). The molecule has 0 unspecified atom stereocenters. The molecular formula is C33H39BrFN5O4. The molecule has 2 aromatic carbocycles. The van der Waals surface area contributed by atoms with Crippen molar-refractivity contribution in [3.63, 3.8) is 0 Å². The number of para-hydroxylation sites is 1. The highest BCUT2D eigenvalue weighted by atomic mass is 79.9. The predicted molar refractivity (Wildman–Crippen MR) is 172 cm³/mol. The Balaban J connectivity index is 1.32. The van der Waals surface area contributed by atoms with Gasteiger partial charge in [-0.25, -0.2) is 14.2 Å². The van der Waals surface area contributed by atoms with Crippen molar-refractivity contribution in [1.29, 1.82) is 0 Å². The van der Waals surface area contributed by atoms with E-state index in [4.69, 9.17) is 14.5 Å². The lowest BCUT2D eigenvalue weighted by Crippen LogP contribution is -2.50. The Morgan fingerprint density at radius 3 is 2.73 bits per heavy atom. The van der Waals surface area contributed by atoms with E-state index in [-0.39, 0.29) is 12.5 Å². The Morgan fingerprint density at radius 1 is 1.23 bits per heavy atom. The smallest absolute Gasteiger partial charge is 0.408 e. The number of aryl methyl sites for hydroxylation is 1. The van der Waals surface area contributed by atoms with E-state index in [9.17, 15) is 14.0 Å². The third-order valence-electron chi connectivity index (χ3n) is 8.21. The van der Waals surface area contributed by atoms with Gasteiger partial charge < -0.3 is 28.8 Å². The second kappa shape index (κ2) is 12.1. The van der Waals surface area contributed by atoms with Crippen molar-refractivity contribution in [3.05, 3.63) is 47.5 Å². The molecule has 2 amide bonds. The number of alkyl halides is 2. The van der Waals surface area contributed by atoms with Gasteiger partial charge in [0.25, 0.3) is 5.91 Å². The lowest BCUT2D eigenvalue weighted by molar-refractivity contribution is 0.0466. The first kappa shape index (κ1) is 30.4. The number of hydrogen-bond donors (Lipinski definition) is 1. The molecule has 11 heteroatoms. The molecule has 0 saturated heterocycles.